The van der Waals surface area contributed by atoms with Crippen LogP contribution in [-0.4, -0.2) is 0 Å². The maximum atomic E-state index is 3.27. The Morgan fingerprint density at radius 3 is 1.84 bits per heavy atom. The van der Waals surface area contributed by atoms with E-state index in [2.05, 4.69) is 70.4 Å². The van der Waals surface area contributed by atoms with E-state index in [1.165, 1.54) is 18.4 Å². The van der Waals surface area contributed by atoms with Crippen LogP contribution in [0.4, 0.5) is 0 Å². The van der Waals surface area contributed by atoms with Crippen LogP contribution in [0.1, 0.15) is 104 Å². The molecular formula is C31H54. The van der Waals surface area contributed by atoms with Gasteiger partial charge in [0.1, 0.15) is 0 Å². The summed E-state index contributed by atoms with van der Waals surface area (Å²) in [4.78, 5) is 0. The van der Waals surface area contributed by atoms with E-state index in [-0.39, 0.29) is 20.3 Å². The molecule has 0 radical (unpaired) electrons. The lowest BCUT2D eigenvalue weighted by molar-refractivity contribution is 0.175. The van der Waals surface area contributed by atoms with E-state index in [0.29, 0.717) is 23.7 Å². The largest absolute Gasteiger partial charge is 0.0840 e. The molecule has 6 atom stereocenters. The van der Waals surface area contributed by atoms with Crippen LogP contribution >= 0.6 is 0 Å². The number of hydrogen-bond acceptors (Lipinski definition) is 0. The summed E-state index contributed by atoms with van der Waals surface area (Å²) in [6.45, 7) is 24.2. The molecule has 0 saturated heterocycles. The molecule has 0 fully saturated rings. The van der Waals surface area contributed by atoms with Crippen molar-refractivity contribution >= 4 is 0 Å². The first-order valence-corrected chi connectivity index (χ1v) is 12.3. The third kappa shape index (κ3) is 4.97. The normalized spacial score (nSPS) is 33.5. The molecule has 0 heteroatoms. The average Bonchev–Trinajstić information content (AvgIpc) is 3.00. The van der Waals surface area contributed by atoms with Crippen LogP contribution in [-0.2, 0) is 0 Å². The Labute approximate surface area is 197 Å². The van der Waals surface area contributed by atoms with Gasteiger partial charge in [-0.2, -0.15) is 0 Å². The lowest BCUT2D eigenvalue weighted by atomic mass is 9.62. The molecule has 4 aliphatic carbocycles. The second-order valence-electron chi connectivity index (χ2n) is 8.36. The van der Waals surface area contributed by atoms with Crippen LogP contribution in [0.5, 0.6) is 0 Å². The monoisotopic (exact) mass is 426 g/mol. The molecule has 6 unspecified atom stereocenters. The van der Waals surface area contributed by atoms with Crippen LogP contribution in [0.2, 0.25) is 0 Å². The Morgan fingerprint density at radius 1 is 0.742 bits per heavy atom. The van der Waals surface area contributed by atoms with Crippen LogP contribution in [0.25, 0.3) is 0 Å². The van der Waals surface area contributed by atoms with E-state index in [1.54, 1.807) is 16.7 Å². The highest BCUT2D eigenvalue weighted by Crippen LogP contribution is 2.67. The summed E-state index contributed by atoms with van der Waals surface area (Å²) in [5.74, 6) is 3.36. The van der Waals surface area contributed by atoms with Crippen molar-refractivity contribution in [3.8, 4) is 0 Å². The SMILES string of the molecule is C.C.CC.CC.CC.CC1CC=CC2=C(C1)C(C)C(C)C21C2=C(C=C=C=C2)C(C)C1C. The quantitative estimate of drug-likeness (QED) is 0.338. The highest BCUT2D eigenvalue weighted by molar-refractivity contribution is 5.58. The molecule has 4 aliphatic rings. The fraction of sp³-hybridized carbons (Fsp3) is 0.677. The van der Waals surface area contributed by atoms with Crippen LogP contribution < -0.4 is 0 Å². The zero-order valence-electron chi connectivity index (χ0n) is 21.1. The Hall–Kier alpha value is -1.48. The molecule has 0 bridgehead atoms. The fourth-order valence-electron chi connectivity index (χ4n) is 5.96. The maximum Gasteiger partial charge on any atom is 0.0274 e. The van der Waals surface area contributed by atoms with Gasteiger partial charge >= 0.3 is 0 Å². The highest BCUT2D eigenvalue weighted by atomic mass is 14.6. The third-order valence-corrected chi connectivity index (χ3v) is 7.44. The van der Waals surface area contributed by atoms with Crippen LogP contribution in [0.15, 0.2) is 58.1 Å². The van der Waals surface area contributed by atoms with Crippen molar-refractivity contribution in [3.63, 3.8) is 0 Å². The van der Waals surface area contributed by atoms with Crippen molar-refractivity contribution in [2.75, 3.05) is 0 Å². The van der Waals surface area contributed by atoms with Gasteiger partial charge in [-0.05, 0) is 71.3 Å². The molecule has 178 valence electrons. The minimum Gasteiger partial charge on any atom is -0.0840 e. The maximum absolute atomic E-state index is 3.27. The van der Waals surface area contributed by atoms with E-state index >= 15 is 0 Å². The number of rotatable bonds is 0. The Balaban J connectivity index is 0. The minimum atomic E-state index is 0. The number of fused-ring (bicyclic) bond motifs is 2. The molecule has 0 aromatic carbocycles. The van der Waals surface area contributed by atoms with Gasteiger partial charge in [-0.1, -0.05) is 120 Å². The van der Waals surface area contributed by atoms with Gasteiger partial charge in [-0.15, -0.1) is 0 Å². The van der Waals surface area contributed by atoms with Gasteiger partial charge in [0.2, 0.25) is 0 Å². The number of hydrogen-bond donors (Lipinski definition) is 0. The summed E-state index contributed by atoms with van der Waals surface area (Å²) in [5.41, 5.74) is 13.1. The van der Waals surface area contributed by atoms with Gasteiger partial charge in [0, 0.05) is 5.41 Å². The van der Waals surface area contributed by atoms with Crippen LogP contribution in [0, 0.1) is 35.0 Å². The summed E-state index contributed by atoms with van der Waals surface area (Å²) < 4.78 is 0. The Morgan fingerprint density at radius 2 is 1.26 bits per heavy atom. The van der Waals surface area contributed by atoms with Crippen molar-refractivity contribution in [3.05, 3.63) is 58.1 Å². The van der Waals surface area contributed by atoms with E-state index < -0.39 is 0 Å². The van der Waals surface area contributed by atoms with Crippen molar-refractivity contribution in [1.82, 2.24) is 0 Å². The van der Waals surface area contributed by atoms with Gasteiger partial charge in [0.25, 0.3) is 0 Å². The summed E-state index contributed by atoms with van der Waals surface area (Å²) >= 11 is 0. The smallest absolute Gasteiger partial charge is 0.0274 e. The predicted molar refractivity (Wildman–Crippen MR) is 144 cm³/mol. The van der Waals surface area contributed by atoms with Crippen molar-refractivity contribution in [1.29, 1.82) is 0 Å². The molecule has 0 aromatic heterocycles. The molecule has 1 spiro atoms. The van der Waals surface area contributed by atoms with Gasteiger partial charge in [0.15, 0.2) is 0 Å². The highest BCUT2D eigenvalue weighted by Gasteiger charge is 2.59. The first kappa shape index (κ1) is 31.7. The van der Waals surface area contributed by atoms with Gasteiger partial charge in [-0.25, -0.2) is 0 Å². The second kappa shape index (κ2) is 13.8. The first-order chi connectivity index (χ1) is 14.0. The topological polar surface area (TPSA) is 0 Å². The summed E-state index contributed by atoms with van der Waals surface area (Å²) in [5, 5.41) is 0. The average molecular weight is 427 g/mol. The predicted octanol–water partition coefficient (Wildman–Crippen LogP) is 10.4. The van der Waals surface area contributed by atoms with Crippen molar-refractivity contribution in [2.45, 2.75) is 104 Å². The summed E-state index contributed by atoms with van der Waals surface area (Å²) in [6, 6.07) is 0. The molecule has 0 aromatic rings. The Bertz CT molecular complexity index is 743. The van der Waals surface area contributed by atoms with E-state index in [4.69, 9.17) is 0 Å². The Kier molecular flexibility index (Phi) is 14.1. The molecule has 0 heterocycles. The zero-order valence-corrected chi connectivity index (χ0v) is 21.1. The first-order valence-electron chi connectivity index (χ1n) is 12.3. The molecule has 4 rings (SSSR count). The minimum absolute atomic E-state index is 0. The second-order valence-corrected chi connectivity index (χ2v) is 8.36. The molecule has 31 heavy (non-hydrogen) atoms. The molecule has 0 amide bonds. The lowest BCUT2D eigenvalue weighted by Gasteiger charge is -2.41. The summed E-state index contributed by atoms with van der Waals surface area (Å²) in [6.07, 6.45) is 11.9. The molecule has 0 N–H and O–H groups in total. The molecule has 0 nitrogen and oxygen atoms in total. The zero-order chi connectivity index (χ0) is 22.4. The standard InChI is InChI=1S/C23H28.3C2H6.2CH4/c1-14-9-8-12-22-20(13-14)16(3)18(5)23(22)17(4)15(2)19-10-6-7-11-21(19)23;3*1-2;;/h8,10-12,14-18H,9,13H2,1-5H3;3*1-2H3;2*1H4. The summed E-state index contributed by atoms with van der Waals surface area (Å²) in [7, 11) is 0. The fourth-order valence-corrected chi connectivity index (χ4v) is 5.96. The van der Waals surface area contributed by atoms with E-state index in [0.717, 1.165) is 5.92 Å². The third-order valence-electron chi connectivity index (χ3n) is 7.44. The van der Waals surface area contributed by atoms with E-state index in [9.17, 15) is 0 Å². The van der Waals surface area contributed by atoms with Crippen molar-refractivity contribution in [2.24, 2.45) is 35.0 Å². The van der Waals surface area contributed by atoms with Gasteiger partial charge < -0.3 is 0 Å². The van der Waals surface area contributed by atoms with Crippen molar-refractivity contribution < 1.29 is 0 Å². The molecule has 0 saturated carbocycles. The number of allylic oxidation sites excluding steroid dienone is 8. The van der Waals surface area contributed by atoms with Gasteiger partial charge in [0.05, 0.1) is 0 Å². The van der Waals surface area contributed by atoms with Gasteiger partial charge in [-0.3, -0.25) is 0 Å². The molecular weight excluding hydrogens is 372 g/mol. The van der Waals surface area contributed by atoms with E-state index in [1.807, 2.05) is 41.5 Å². The van der Waals surface area contributed by atoms with Crippen LogP contribution in [0.3, 0.4) is 0 Å². The lowest BCUT2D eigenvalue weighted by Crippen LogP contribution is -2.35. The molecule has 0 aliphatic heterocycles.